The maximum atomic E-state index is 10.6. The third-order valence-electron chi connectivity index (χ3n) is 6.09. The van der Waals surface area contributed by atoms with Crippen LogP contribution in [0.4, 0.5) is 32.2 Å². The number of hydrogen-bond donors (Lipinski definition) is 2. The third-order valence-corrected chi connectivity index (χ3v) is 6.09. The van der Waals surface area contributed by atoms with Crippen LogP contribution in [-0.2, 0) is 22.7 Å². The summed E-state index contributed by atoms with van der Waals surface area (Å²) in [6, 6.07) is 0. The molecule has 2 aromatic rings. The molecule has 0 spiro atoms. The SMILES string of the molecule is O=C(O)C(F)(F)F.O=C(O)C(F)(F)F.c1cnc(N2CCC(Cn3cc(CN4CCCCCC4)nn3)CC2)cn1. The third kappa shape index (κ3) is 12.1. The fourth-order valence-corrected chi connectivity index (χ4v) is 4.09. The van der Waals surface area contributed by atoms with Gasteiger partial charge in [0.25, 0.3) is 0 Å². The molecule has 2 N–H and O–H groups in total. The molecule has 4 rings (SSSR count). The molecule has 2 fully saturated rings. The largest absolute Gasteiger partial charge is 0.490 e. The number of aliphatic carboxylic acids is 2. The highest BCUT2D eigenvalue weighted by molar-refractivity contribution is 5.73. The van der Waals surface area contributed by atoms with E-state index in [1.165, 1.54) is 38.8 Å². The van der Waals surface area contributed by atoms with Crippen LogP contribution in [-0.4, -0.2) is 90.5 Å². The fraction of sp³-hybridized carbons (Fsp3) is 0.652. The Morgan fingerprint density at radius 2 is 1.43 bits per heavy atom. The van der Waals surface area contributed by atoms with Crippen LogP contribution in [0.2, 0.25) is 0 Å². The molecule has 0 amide bonds. The van der Waals surface area contributed by atoms with Crippen LogP contribution in [0.15, 0.2) is 24.8 Å². The number of likely N-dealkylation sites (tertiary alicyclic amines) is 1. The van der Waals surface area contributed by atoms with Crippen molar-refractivity contribution in [2.24, 2.45) is 5.92 Å². The second-order valence-electron chi connectivity index (χ2n) is 9.22. The maximum absolute atomic E-state index is 10.6. The van der Waals surface area contributed by atoms with Crippen LogP contribution in [0, 0.1) is 5.92 Å². The zero-order chi connectivity index (χ0) is 29.8. The van der Waals surface area contributed by atoms with Crippen LogP contribution >= 0.6 is 0 Å². The number of hydrogen-bond acceptors (Lipinski definition) is 8. The zero-order valence-corrected chi connectivity index (χ0v) is 21.5. The summed E-state index contributed by atoms with van der Waals surface area (Å²) in [5, 5.41) is 23.0. The van der Waals surface area contributed by atoms with Gasteiger partial charge in [0, 0.05) is 44.8 Å². The number of carboxylic acid groups (broad SMARTS) is 2. The smallest absolute Gasteiger partial charge is 0.475 e. The van der Waals surface area contributed by atoms with Crippen molar-refractivity contribution >= 4 is 17.8 Å². The Balaban J connectivity index is 0.000000333. The lowest BCUT2D eigenvalue weighted by atomic mass is 9.97. The molecule has 0 saturated carbocycles. The van der Waals surface area contributed by atoms with Gasteiger partial charge < -0.3 is 15.1 Å². The van der Waals surface area contributed by atoms with Gasteiger partial charge in [0.15, 0.2) is 0 Å². The molecule has 11 nitrogen and oxygen atoms in total. The average Bonchev–Trinajstić information content (AvgIpc) is 3.16. The highest BCUT2D eigenvalue weighted by Gasteiger charge is 2.38. The molecule has 2 aliphatic heterocycles. The van der Waals surface area contributed by atoms with Gasteiger partial charge in [-0.05, 0) is 44.7 Å². The van der Waals surface area contributed by atoms with E-state index >= 15 is 0 Å². The Hall–Kier alpha value is -3.50. The topological polar surface area (TPSA) is 138 Å². The van der Waals surface area contributed by atoms with Crippen LogP contribution in [0.3, 0.4) is 0 Å². The number of nitrogens with zero attached hydrogens (tertiary/aromatic N) is 7. The monoisotopic (exact) mass is 583 g/mol. The molecule has 17 heteroatoms. The van der Waals surface area contributed by atoms with Crippen LogP contribution in [0.5, 0.6) is 0 Å². The first kappa shape index (κ1) is 32.7. The van der Waals surface area contributed by atoms with E-state index in [9.17, 15) is 26.3 Å². The summed E-state index contributed by atoms with van der Waals surface area (Å²) in [5.74, 6) is -3.86. The summed E-state index contributed by atoms with van der Waals surface area (Å²) in [6.07, 6.45) is 5.04. The second-order valence-corrected chi connectivity index (χ2v) is 9.22. The van der Waals surface area contributed by atoms with Crippen LogP contribution in [0.25, 0.3) is 0 Å². The Kier molecular flexibility index (Phi) is 12.5. The molecule has 0 aliphatic carbocycles. The summed E-state index contributed by atoms with van der Waals surface area (Å²) in [4.78, 5) is 31.2. The van der Waals surface area contributed by atoms with Gasteiger partial charge in [0.05, 0.1) is 11.9 Å². The van der Waals surface area contributed by atoms with Crippen LogP contribution < -0.4 is 4.90 Å². The summed E-state index contributed by atoms with van der Waals surface area (Å²) in [6.45, 7) is 6.41. The molecular weight excluding hydrogens is 552 g/mol. The van der Waals surface area contributed by atoms with E-state index in [0.29, 0.717) is 5.92 Å². The number of carbonyl (C=O) groups is 2. The van der Waals surface area contributed by atoms with E-state index < -0.39 is 24.3 Å². The highest BCUT2D eigenvalue weighted by atomic mass is 19.4. The number of aromatic nitrogens is 5. The number of rotatable bonds is 5. The summed E-state index contributed by atoms with van der Waals surface area (Å²) in [7, 11) is 0. The van der Waals surface area contributed by atoms with Crippen molar-refractivity contribution in [2.45, 2.75) is 64.0 Å². The predicted molar refractivity (Wildman–Crippen MR) is 128 cm³/mol. The van der Waals surface area contributed by atoms with E-state index in [1.54, 1.807) is 12.4 Å². The lowest BCUT2D eigenvalue weighted by Crippen LogP contribution is -2.35. The molecule has 0 aromatic carbocycles. The van der Waals surface area contributed by atoms with E-state index in [2.05, 4.69) is 41.0 Å². The average molecular weight is 584 g/mol. The van der Waals surface area contributed by atoms with E-state index in [0.717, 1.165) is 50.5 Å². The Morgan fingerprint density at radius 1 is 0.875 bits per heavy atom. The van der Waals surface area contributed by atoms with Gasteiger partial charge in [-0.3, -0.25) is 14.6 Å². The first-order valence-corrected chi connectivity index (χ1v) is 12.5. The minimum absolute atomic E-state index is 0.663. The maximum Gasteiger partial charge on any atom is 0.490 e. The van der Waals surface area contributed by atoms with Crippen LogP contribution in [0.1, 0.15) is 44.2 Å². The zero-order valence-electron chi connectivity index (χ0n) is 21.5. The lowest BCUT2D eigenvalue weighted by molar-refractivity contribution is -0.193. The quantitative estimate of drug-likeness (QED) is 0.502. The van der Waals surface area contributed by atoms with Gasteiger partial charge >= 0.3 is 24.3 Å². The molecule has 0 radical (unpaired) electrons. The van der Waals surface area contributed by atoms with Crippen molar-refractivity contribution in [3.8, 4) is 0 Å². The molecule has 0 bridgehead atoms. The van der Waals surface area contributed by atoms with Crippen molar-refractivity contribution < 1.29 is 46.1 Å². The minimum atomic E-state index is -5.08. The van der Waals surface area contributed by atoms with Crippen molar-refractivity contribution in [1.29, 1.82) is 0 Å². The number of carboxylic acids is 2. The second kappa shape index (κ2) is 15.3. The van der Waals surface area contributed by atoms with Crippen molar-refractivity contribution in [3.05, 3.63) is 30.5 Å². The Morgan fingerprint density at radius 3 is 1.90 bits per heavy atom. The first-order chi connectivity index (χ1) is 18.8. The van der Waals surface area contributed by atoms with E-state index in [-0.39, 0.29) is 0 Å². The van der Waals surface area contributed by atoms with Crippen molar-refractivity contribution in [3.63, 3.8) is 0 Å². The predicted octanol–water partition coefficient (Wildman–Crippen LogP) is 3.63. The van der Waals surface area contributed by atoms with E-state index in [4.69, 9.17) is 19.8 Å². The summed E-state index contributed by atoms with van der Waals surface area (Å²) < 4.78 is 65.5. The fourth-order valence-electron chi connectivity index (χ4n) is 4.09. The number of piperidine rings is 1. The normalized spacial score (nSPS) is 17.1. The van der Waals surface area contributed by atoms with Gasteiger partial charge in [0.1, 0.15) is 5.82 Å². The van der Waals surface area contributed by atoms with Gasteiger partial charge in [-0.1, -0.05) is 18.1 Å². The number of halogens is 6. The standard InChI is InChI=1S/C19H29N7.2C2HF3O2/c1-2-4-10-24(9-3-1)15-18-16-26(23-22-18)14-17-5-11-25(12-6-17)19-13-20-7-8-21-19;2*3-2(4,5)1(6)7/h7-8,13,16-17H,1-6,9-12,14-15H2;2*(H,6,7). The lowest BCUT2D eigenvalue weighted by Gasteiger charge is -2.32. The first-order valence-electron chi connectivity index (χ1n) is 12.5. The summed E-state index contributed by atoms with van der Waals surface area (Å²) >= 11 is 0. The van der Waals surface area contributed by atoms with Gasteiger partial charge in [0.2, 0.25) is 0 Å². The molecule has 2 aliphatic rings. The number of anilines is 1. The Labute approximate surface area is 225 Å². The van der Waals surface area contributed by atoms with Crippen molar-refractivity contribution in [1.82, 2.24) is 29.9 Å². The molecule has 224 valence electrons. The molecule has 2 aromatic heterocycles. The van der Waals surface area contributed by atoms with Gasteiger partial charge in [-0.15, -0.1) is 5.10 Å². The molecule has 4 heterocycles. The molecule has 0 unspecified atom stereocenters. The van der Waals surface area contributed by atoms with E-state index in [1.807, 2.05) is 6.20 Å². The number of alkyl halides is 6. The molecule has 40 heavy (non-hydrogen) atoms. The van der Waals surface area contributed by atoms with Crippen molar-refractivity contribution in [2.75, 3.05) is 31.1 Å². The molecule has 0 atom stereocenters. The Bertz CT molecular complexity index is 1010. The minimum Gasteiger partial charge on any atom is -0.475 e. The molecular formula is C23H31F6N7O4. The van der Waals surface area contributed by atoms with Gasteiger partial charge in [-0.2, -0.15) is 26.3 Å². The highest BCUT2D eigenvalue weighted by Crippen LogP contribution is 2.22. The summed E-state index contributed by atoms with van der Waals surface area (Å²) in [5.41, 5.74) is 1.11. The molecule has 2 saturated heterocycles. The van der Waals surface area contributed by atoms with Gasteiger partial charge in [-0.25, -0.2) is 14.6 Å².